The van der Waals surface area contributed by atoms with Crippen molar-refractivity contribution >= 4 is 0 Å². The molecule has 1 aromatic carbocycles. The molecule has 58 valence electrons. The lowest BCUT2D eigenvalue weighted by molar-refractivity contribution is 0.0104. The third-order valence-electron chi connectivity index (χ3n) is 2.08. The molecule has 0 radical (unpaired) electrons. The van der Waals surface area contributed by atoms with E-state index >= 15 is 0 Å². The van der Waals surface area contributed by atoms with Crippen molar-refractivity contribution in [1.82, 2.24) is 5.12 Å². The van der Waals surface area contributed by atoms with Crippen LogP contribution in [0.3, 0.4) is 0 Å². The number of fused-ring (bicyclic) bond motifs is 1. The Labute approximate surface area is 65.4 Å². The van der Waals surface area contributed by atoms with Crippen molar-refractivity contribution in [3.05, 3.63) is 35.4 Å². The minimum atomic E-state index is 0.455. The van der Waals surface area contributed by atoms with E-state index in [9.17, 15) is 4.48 Å². The van der Waals surface area contributed by atoms with E-state index in [2.05, 4.69) is 6.07 Å². The van der Waals surface area contributed by atoms with Gasteiger partial charge in [0.2, 0.25) is 0 Å². The Morgan fingerprint density at radius 2 is 1.91 bits per heavy atom. The Morgan fingerprint density at radius 3 is 2.73 bits per heavy atom. The highest BCUT2D eigenvalue weighted by molar-refractivity contribution is 5.28. The van der Waals surface area contributed by atoms with E-state index < -0.39 is 0 Å². The van der Waals surface area contributed by atoms with Crippen molar-refractivity contribution in [2.45, 2.75) is 13.0 Å². The predicted octanol–water partition coefficient (Wildman–Crippen LogP) is 1.93. The minimum absolute atomic E-state index is 0.455. The molecule has 0 atom stereocenters. The highest BCUT2D eigenvalue weighted by Gasteiger charge is 2.13. The first kappa shape index (κ1) is 6.80. The number of benzene rings is 1. The van der Waals surface area contributed by atoms with Gasteiger partial charge in [0.25, 0.3) is 0 Å². The van der Waals surface area contributed by atoms with Crippen molar-refractivity contribution in [2.75, 3.05) is 6.54 Å². The molecule has 0 unspecified atom stereocenters. The summed E-state index contributed by atoms with van der Waals surface area (Å²) in [4.78, 5) is 0. The maximum absolute atomic E-state index is 12.7. The Balaban J connectivity index is 2.34. The van der Waals surface area contributed by atoms with E-state index in [1.165, 1.54) is 5.56 Å². The summed E-state index contributed by atoms with van der Waals surface area (Å²) in [5.41, 5.74) is 2.42. The molecule has 0 saturated carbocycles. The van der Waals surface area contributed by atoms with Crippen LogP contribution >= 0.6 is 0 Å². The lowest BCUT2D eigenvalue weighted by Gasteiger charge is -2.20. The standard InChI is InChI=1S/C9H10FN/c10-11-6-5-8-3-1-2-4-9(8)7-11/h1-4H,5-7H2. The first-order valence-corrected chi connectivity index (χ1v) is 3.84. The summed E-state index contributed by atoms with van der Waals surface area (Å²) < 4.78 is 12.7. The number of nitrogens with zero attached hydrogens (tertiary/aromatic N) is 1. The van der Waals surface area contributed by atoms with Gasteiger partial charge in [0.05, 0.1) is 6.54 Å². The van der Waals surface area contributed by atoms with Crippen LogP contribution in [0.4, 0.5) is 4.48 Å². The fourth-order valence-electron chi connectivity index (χ4n) is 1.46. The van der Waals surface area contributed by atoms with Crippen molar-refractivity contribution in [3.8, 4) is 0 Å². The summed E-state index contributed by atoms with van der Waals surface area (Å²) in [7, 11) is 0. The average Bonchev–Trinajstić information content (AvgIpc) is 2.04. The highest BCUT2D eigenvalue weighted by atomic mass is 19.2. The normalized spacial score (nSPS) is 17.9. The highest BCUT2D eigenvalue weighted by Crippen LogP contribution is 2.17. The van der Waals surface area contributed by atoms with E-state index in [1.54, 1.807) is 0 Å². The molecule has 1 aliphatic heterocycles. The van der Waals surface area contributed by atoms with Crippen molar-refractivity contribution in [2.24, 2.45) is 0 Å². The monoisotopic (exact) mass is 151 g/mol. The van der Waals surface area contributed by atoms with Crippen LogP contribution in [0.2, 0.25) is 0 Å². The van der Waals surface area contributed by atoms with Gasteiger partial charge in [-0.3, -0.25) is 0 Å². The molecule has 0 spiro atoms. The smallest absolute Gasteiger partial charge is 0.0543 e. The Bertz CT molecular complexity index is 259. The molecule has 0 aliphatic carbocycles. The second-order valence-corrected chi connectivity index (χ2v) is 2.86. The van der Waals surface area contributed by atoms with Gasteiger partial charge in [0.1, 0.15) is 0 Å². The first-order chi connectivity index (χ1) is 5.36. The molecule has 0 fully saturated rings. The average molecular weight is 151 g/mol. The summed E-state index contributed by atoms with van der Waals surface area (Å²) >= 11 is 0. The largest absolute Gasteiger partial charge is 0.142 e. The van der Waals surface area contributed by atoms with Crippen LogP contribution in [0.5, 0.6) is 0 Å². The molecule has 2 heteroatoms. The van der Waals surface area contributed by atoms with Gasteiger partial charge >= 0.3 is 0 Å². The van der Waals surface area contributed by atoms with E-state index in [4.69, 9.17) is 0 Å². The van der Waals surface area contributed by atoms with Gasteiger partial charge < -0.3 is 0 Å². The summed E-state index contributed by atoms with van der Waals surface area (Å²) in [5.74, 6) is 0. The number of rotatable bonds is 0. The summed E-state index contributed by atoms with van der Waals surface area (Å²) in [5, 5.41) is 0.863. The Morgan fingerprint density at radius 1 is 1.18 bits per heavy atom. The third kappa shape index (κ3) is 1.26. The van der Waals surface area contributed by atoms with Crippen LogP contribution in [-0.2, 0) is 13.0 Å². The van der Waals surface area contributed by atoms with E-state index in [-0.39, 0.29) is 0 Å². The fraction of sp³-hybridized carbons (Fsp3) is 0.333. The quantitative estimate of drug-likeness (QED) is 0.512. The second-order valence-electron chi connectivity index (χ2n) is 2.86. The predicted molar refractivity (Wildman–Crippen MR) is 41.7 cm³/mol. The van der Waals surface area contributed by atoms with Gasteiger partial charge in [-0.1, -0.05) is 24.3 Å². The molecule has 1 aromatic rings. The zero-order valence-corrected chi connectivity index (χ0v) is 6.26. The van der Waals surface area contributed by atoms with Crippen LogP contribution < -0.4 is 0 Å². The molecule has 0 aromatic heterocycles. The Hall–Kier alpha value is -0.890. The SMILES string of the molecule is FN1CCc2ccccc2C1. The van der Waals surface area contributed by atoms with Crippen LogP contribution in [0.1, 0.15) is 11.1 Å². The van der Waals surface area contributed by atoms with Gasteiger partial charge in [0, 0.05) is 6.54 Å². The van der Waals surface area contributed by atoms with Crippen LogP contribution in [0, 0.1) is 0 Å². The molecule has 1 aliphatic rings. The van der Waals surface area contributed by atoms with Crippen LogP contribution in [0.15, 0.2) is 24.3 Å². The van der Waals surface area contributed by atoms with Crippen LogP contribution in [0.25, 0.3) is 0 Å². The molecule has 1 nitrogen and oxygen atoms in total. The molecule has 0 N–H and O–H groups in total. The molecular weight excluding hydrogens is 141 g/mol. The lowest BCUT2D eigenvalue weighted by atomic mass is 10.0. The van der Waals surface area contributed by atoms with E-state index in [1.807, 2.05) is 18.2 Å². The minimum Gasteiger partial charge on any atom is -0.142 e. The van der Waals surface area contributed by atoms with Crippen molar-refractivity contribution < 1.29 is 4.48 Å². The zero-order chi connectivity index (χ0) is 7.68. The zero-order valence-electron chi connectivity index (χ0n) is 6.26. The molecule has 0 bridgehead atoms. The Kier molecular flexibility index (Phi) is 1.62. The van der Waals surface area contributed by atoms with Gasteiger partial charge in [0.15, 0.2) is 0 Å². The molecule has 11 heavy (non-hydrogen) atoms. The van der Waals surface area contributed by atoms with Crippen molar-refractivity contribution in [1.29, 1.82) is 0 Å². The summed E-state index contributed by atoms with van der Waals surface area (Å²) in [6.07, 6.45) is 0.840. The van der Waals surface area contributed by atoms with Gasteiger partial charge in [-0.2, -0.15) is 0 Å². The number of hydrogen-bond donors (Lipinski definition) is 0. The summed E-state index contributed by atoms with van der Waals surface area (Å²) in [6, 6.07) is 8.02. The second kappa shape index (κ2) is 2.62. The third-order valence-corrected chi connectivity index (χ3v) is 2.08. The first-order valence-electron chi connectivity index (χ1n) is 3.84. The molecule has 1 heterocycles. The number of hydrogen-bond acceptors (Lipinski definition) is 1. The van der Waals surface area contributed by atoms with Gasteiger partial charge in [-0.15, -0.1) is 9.60 Å². The number of halogens is 1. The lowest BCUT2D eigenvalue weighted by Crippen LogP contribution is -2.22. The van der Waals surface area contributed by atoms with E-state index in [0.29, 0.717) is 13.1 Å². The molecule has 2 rings (SSSR count). The fourth-order valence-corrected chi connectivity index (χ4v) is 1.46. The van der Waals surface area contributed by atoms with Crippen molar-refractivity contribution in [3.63, 3.8) is 0 Å². The molecular formula is C9H10FN. The molecule has 0 saturated heterocycles. The maximum atomic E-state index is 12.7. The maximum Gasteiger partial charge on any atom is 0.0543 e. The summed E-state index contributed by atoms with van der Waals surface area (Å²) in [6.45, 7) is 0.993. The molecule has 0 amide bonds. The van der Waals surface area contributed by atoms with Gasteiger partial charge in [-0.25, -0.2) is 0 Å². The van der Waals surface area contributed by atoms with Crippen LogP contribution in [-0.4, -0.2) is 11.7 Å². The van der Waals surface area contributed by atoms with E-state index in [0.717, 1.165) is 17.1 Å². The topological polar surface area (TPSA) is 3.24 Å². The van der Waals surface area contributed by atoms with Gasteiger partial charge in [-0.05, 0) is 17.5 Å².